The number of nitrogens with one attached hydrogen (secondary N) is 1. The predicted octanol–water partition coefficient (Wildman–Crippen LogP) is 3.21. The maximum absolute atomic E-state index is 12.0. The van der Waals surface area contributed by atoms with Crippen LogP contribution in [0.2, 0.25) is 0 Å². The van der Waals surface area contributed by atoms with Crippen molar-refractivity contribution >= 4 is 23.1 Å². The van der Waals surface area contributed by atoms with Crippen molar-refractivity contribution in [1.82, 2.24) is 10.1 Å². The molecule has 112 valence electrons. The molecule has 1 N–H and O–H groups in total. The van der Waals surface area contributed by atoms with Gasteiger partial charge in [0, 0.05) is 25.1 Å². The van der Waals surface area contributed by atoms with Crippen LogP contribution in [0.4, 0.5) is 5.82 Å². The Hall–Kier alpha value is -1.66. The van der Waals surface area contributed by atoms with Gasteiger partial charge in [0.05, 0.1) is 0 Å². The second-order valence-corrected chi connectivity index (χ2v) is 6.15. The molecule has 1 aliphatic rings. The van der Waals surface area contributed by atoms with E-state index in [0.717, 1.165) is 13.1 Å². The van der Waals surface area contributed by atoms with Crippen LogP contribution in [0.3, 0.4) is 0 Å². The lowest BCUT2D eigenvalue weighted by Crippen LogP contribution is -2.27. The fourth-order valence-corrected chi connectivity index (χ4v) is 3.52. The predicted molar refractivity (Wildman–Crippen MR) is 82.4 cm³/mol. The van der Waals surface area contributed by atoms with E-state index in [2.05, 4.69) is 32.2 Å². The van der Waals surface area contributed by atoms with E-state index in [0.29, 0.717) is 24.0 Å². The summed E-state index contributed by atoms with van der Waals surface area (Å²) in [5, 5.41) is 10.9. The van der Waals surface area contributed by atoms with E-state index in [4.69, 9.17) is 4.52 Å². The van der Waals surface area contributed by atoms with Crippen molar-refractivity contribution in [2.75, 3.05) is 18.4 Å². The molecule has 0 aromatic carbocycles. The van der Waals surface area contributed by atoms with Gasteiger partial charge in [-0.25, -0.2) is 0 Å². The average Bonchev–Trinajstić information content (AvgIpc) is 3.16. The highest BCUT2D eigenvalue weighted by atomic mass is 32.1. The van der Waals surface area contributed by atoms with Gasteiger partial charge >= 0.3 is 0 Å². The zero-order chi connectivity index (χ0) is 14.7. The van der Waals surface area contributed by atoms with Crippen molar-refractivity contribution < 1.29 is 9.32 Å². The first kappa shape index (κ1) is 14.3. The Kier molecular flexibility index (Phi) is 4.36. The molecule has 1 atom stereocenters. The quantitative estimate of drug-likeness (QED) is 0.921. The number of carbonyl (C=O) groups excluding carboxylic acids is 1. The first-order valence-electron chi connectivity index (χ1n) is 7.21. The summed E-state index contributed by atoms with van der Waals surface area (Å²) < 4.78 is 4.94. The van der Waals surface area contributed by atoms with Crippen molar-refractivity contribution in [1.29, 1.82) is 0 Å². The van der Waals surface area contributed by atoms with Crippen LogP contribution in [0, 0.1) is 6.92 Å². The molecule has 0 saturated carbocycles. The van der Waals surface area contributed by atoms with Gasteiger partial charge in [0.15, 0.2) is 5.82 Å². The molecule has 1 fully saturated rings. The van der Waals surface area contributed by atoms with Gasteiger partial charge in [-0.1, -0.05) is 5.16 Å². The monoisotopic (exact) mass is 305 g/mol. The number of aryl methyl sites for hydroxylation is 1. The van der Waals surface area contributed by atoms with Gasteiger partial charge < -0.3 is 9.84 Å². The lowest BCUT2D eigenvalue weighted by atomic mass is 10.1. The lowest BCUT2D eigenvalue weighted by molar-refractivity contribution is -0.116. The third kappa shape index (κ3) is 3.51. The van der Waals surface area contributed by atoms with Gasteiger partial charge in [0.25, 0.3) is 0 Å². The molecule has 0 radical (unpaired) electrons. The Balaban J connectivity index is 1.51. The molecule has 1 aliphatic heterocycles. The molecule has 1 saturated heterocycles. The van der Waals surface area contributed by atoms with E-state index < -0.39 is 0 Å². The van der Waals surface area contributed by atoms with Crippen LogP contribution in [0.5, 0.6) is 0 Å². The van der Waals surface area contributed by atoms with Gasteiger partial charge in [-0.05, 0) is 48.7 Å². The number of nitrogens with zero attached hydrogens (tertiary/aromatic N) is 2. The van der Waals surface area contributed by atoms with Gasteiger partial charge in [-0.3, -0.25) is 9.69 Å². The second kappa shape index (κ2) is 6.41. The average molecular weight is 305 g/mol. The standard InChI is InChI=1S/C15H19N3O2S/c1-11-9-14(17-20-11)16-15(19)4-7-18-6-2-3-13(18)12-5-8-21-10-12/h5,8-10,13H,2-4,6-7H2,1H3,(H,16,17,19). The van der Waals surface area contributed by atoms with Gasteiger partial charge in [0.1, 0.15) is 5.76 Å². The first-order valence-corrected chi connectivity index (χ1v) is 8.16. The molecule has 2 aromatic heterocycles. The van der Waals surface area contributed by atoms with E-state index in [1.54, 1.807) is 24.3 Å². The number of thiophene rings is 1. The topological polar surface area (TPSA) is 58.4 Å². The number of likely N-dealkylation sites (tertiary alicyclic amines) is 1. The van der Waals surface area contributed by atoms with E-state index in [9.17, 15) is 4.79 Å². The second-order valence-electron chi connectivity index (χ2n) is 5.37. The maximum Gasteiger partial charge on any atom is 0.226 e. The minimum Gasteiger partial charge on any atom is -0.360 e. The summed E-state index contributed by atoms with van der Waals surface area (Å²) in [5.74, 6) is 1.18. The number of rotatable bonds is 5. The van der Waals surface area contributed by atoms with Crippen LogP contribution < -0.4 is 5.32 Å². The summed E-state index contributed by atoms with van der Waals surface area (Å²) in [5.41, 5.74) is 1.38. The highest BCUT2D eigenvalue weighted by molar-refractivity contribution is 7.07. The van der Waals surface area contributed by atoms with Gasteiger partial charge in [-0.2, -0.15) is 11.3 Å². The highest BCUT2D eigenvalue weighted by Crippen LogP contribution is 2.32. The molecule has 3 heterocycles. The number of amides is 1. The molecule has 21 heavy (non-hydrogen) atoms. The molecule has 0 spiro atoms. The first-order chi connectivity index (χ1) is 10.2. The molecule has 6 heteroatoms. The smallest absolute Gasteiger partial charge is 0.226 e. The maximum atomic E-state index is 12.0. The summed E-state index contributed by atoms with van der Waals surface area (Å²) >= 11 is 1.73. The minimum absolute atomic E-state index is 0.0146. The minimum atomic E-state index is -0.0146. The van der Waals surface area contributed by atoms with Crippen molar-refractivity contribution in [3.8, 4) is 0 Å². The summed E-state index contributed by atoms with van der Waals surface area (Å²) in [6.07, 6.45) is 2.86. The zero-order valence-corrected chi connectivity index (χ0v) is 12.9. The van der Waals surface area contributed by atoms with Crippen molar-refractivity contribution in [3.05, 3.63) is 34.2 Å². The normalized spacial score (nSPS) is 19.0. The molecule has 0 aliphatic carbocycles. The Bertz CT molecular complexity index is 594. The third-order valence-corrected chi connectivity index (χ3v) is 4.51. The molecule has 1 unspecified atom stereocenters. The lowest BCUT2D eigenvalue weighted by Gasteiger charge is -2.23. The van der Waals surface area contributed by atoms with Crippen LogP contribution >= 0.6 is 11.3 Å². The number of anilines is 1. The Morgan fingerprint density at radius 3 is 3.24 bits per heavy atom. The summed E-state index contributed by atoms with van der Waals surface area (Å²) in [7, 11) is 0. The Morgan fingerprint density at radius 2 is 2.52 bits per heavy atom. The molecule has 0 bridgehead atoms. The van der Waals surface area contributed by atoms with Crippen LogP contribution in [0.15, 0.2) is 27.4 Å². The number of hydrogen-bond donors (Lipinski definition) is 1. The summed E-state index contributed by atoms with van der Waals surface area (Å²) in [4.78, 5) is 14.4. The highest BCUT2D eigenvalue weighted by Gasteiger charge is 2.26. The van der Waals surface area contributed by atoms with Crippen molar-refractivity contribution in [3.63, 3.8) is 0 Å². The molecule has 2 aromatic rings. The number of aromatic nitrogens is 1. The van der Waals surface area contributed by atoms with Crippen molar-refractivity contribution in [2.24, 2.45) is 0 Å². The number of carbonyl (C=O) groups is 1. The Labute approximate surface area is 127 Å². The zero-order valence-electron chi connectivity index (χ0n) is 12.0. The van der Waals surface area contributed by atoms with Crippen LogP contribution in [0.25, 0.3) is 0 Å². The largest absolute Gasteiger partial charge is 0.360 e. The molecular formula is C15H19N3O2S. The van der Waals surface area contributed by atoms with E-state index in [1.165, 1.54) is 18.4 Å². The van der Waals surface area contributed by atoms with Crippen LogP contribution in [-0.2, 0) is 4.79 Å². The SMILES string of the molecule is Cc1cc(NC(=O)CCN2CCCC2c2ccsc2)no1. The third-order valence-electron chi connectivity index (χ3n) is 3.81. The fourth-order valence-electron chi connectivity index (χ4n) is 2.81. The summed E-state index contributed by atoms with van der Waals surface area (Å²) in [6.45, 7) is 3.65. The number of hydrogen-bond acceptors (Lipinski definition) is 5. The van der Waals surface area contributed by atoms with E-state index in [1.807, 2.05) is 0 Å². The van der Waals surface area contributed by atoms with Crippen LogP contribution in [0.1, 0.15) is 36.6 Å². The molecular weight excluding hydrogens is 286 g/mol. The van der Waals surface area contributed by atoms with Crippen molar-refractivity contribution in [2.45, 2.75) is 32.2 Å². The molecule has 3 rings (SSSR count). The van der Waals surface area contributed by atoms with E-state index >= 15 is 0 Å². The fraction of sp³-hybridized carbons (Fsp3) is 0.467. The van der Waals surface area contributed by atoms with Gasteiger partial charge in [0.2, 0.25) is 5.91 Å². The van der Waals surface area contributed by atoms with Gasteiger partial charge in [-0.15, -0.1) is 0 Å². The van der Waals surface area contributed by atoms with Crippen LogP contribution in [-0.4, -0.2) is 29.1 Å². The Morgan fingerprint density at radius 1 is 1.62 bits per heavy atom. The summed E-state index contributed by atoms with van der Waals surface area (Å²) in [6, 6.07) is 4.38. The van der Waals surface area contributed by atoms with E-state index in [-0.39, 0.29) is 5.91 Å². The molecule has 5 nitrogen and oxygen atoms in total. The molecule has 1 amide bonds.